The number of rotatable bonds is 3. The van der Waals surface area contributed by atoms with E-state index in [2.05, 4.69) is 20.9 Å². The van der Waals surface area contributed by atoms with Crippen LogP contribution in [-0.2, 0) is 4.79 Å². The Bertz CT molecular complexity index is 702. The van der Waals surface area contributed by atoms with Gasteiger partial charge in [-0.05, 0) is 24.6 Å². The highest BCUT2D eigenvalue weighted by Crippen LogP contribution is 2.30. The molecule has 0 bridgehead atoms. The lowest BCUT2D eigenvalue weighted by Gasteiger charge is -2.20. The van der Waals surface area contributed by atoms with Crippen LogP contribution in [-0.4, -0.2) is 23.5 Å². The summed E-state index contributed by atoms with van der Waals surface area (Å²) in [6.45, 7) is 1.88. The number of ether oxygens (including phenoxy) is 1. The Kier molecular flexibility index (Phi) is 3.92. The largest absolute Gasteiger partial charge is 0.482 e. The van der Waals surface area contributed by atoms with Gasteiger partial charge in [0.25, 0.3) is 5.91 Å². The monoisotopic (exact) mass is 318 g/mol. The van der Waals surface area contributed by atoms with E-state index in [1.54, 1.807) is 23.7 Å². The van der Waals surface area contributed by atoms with Crippen LogP contribution >= 0.6 is 11.3 Å². The van der Waals surface area contributed by atoms with E-state index in [1.165, 1.54) is 11.3 Å². The maximum Gasteiger partial charge on any atom is 0.321 e. The van der Waals surface area contributed by atoms with Crippen molar-refractivity contribution in [3.63, 3.8) is 0 Å². The molecule has 0 fully saturated rings. The molecule has 0 aliphatic carbocycles. The third-order valence-electron chi connectivity index (χ3n) is 3.14. The number of aromatic nitrogens is 1. The molecule has 1 aromatic heterocycles. The first kappa shape index (κ1) is 14.3. The van der Waals surface area contributed by atoms with Crippen molar-refractivity contribution in [2.24, 2.45) is 0 Å². The van der Waals surface area contributed by atoms with Gasteiger partial charge < -0.3 is 15.4 Å². The zero-order valence-electron chi connectivity index (χ0n) is 11.8. The van der Waals surface area contributed by atoms with Crippen LogP contribution in [0, 0.1) is 0 Å². The molecular formula is C14H14N4O3S. The molecule has 1 aromatic carbocycles. The van der Waals surface area contributed by atoms with Crippen molar-refractivity contribution in [3.8, 4) is 5.75 Å². The molecule has 3 rings (SSSR count). The van der Waals surface area contributed by atoms with E-state index in [0.29, 0.717) is 16.6 Å². The molecule has 1 aliphatic rings. The minimum atomic E-state index is -0.333. The molecule has 22 heavy (non-hydrogen) atoms. The van der Waals surface area contributed by atoms with Gasteiger partial charge in [-0.2, -0.15) is 0 Å². The number of anilines is 2. The van der Waals surface area contributed by atoms with Crippen molar-refractivity contribution >= 4 is 34.1 Å². The molecule has 0 radical (unpaired) electrons. The zero-order chi connectivity index (χ0) is 15.5. The van der Waals surface area contributed by atoms with Crippen LogP contribution < -0.4 is 20.7 Å². The number of amides is 3. The van der Waals surface area contributed by atoms with Gasteiger partial charge in [0.05, 0.1) is 11.7 Å². The first-order valence-electron chi connectivity index (χ1n) is 6.65. The lowest BCUT2D eigenvalue weighted by molar-refractivity contribution is -0.118. The predicted octanol–water partition coefficient (Wildman–Crippen LogP) is 2.36. The van der Waals surface area contributed by atoms with Gasteiger partial charge in [0, 0.05) is 11.6 Å². The first-order valence-corrected chi connectivity index (χ1v) is 7.53. The van der Waals surface area contributed by atoms with Crippen molar-refractivity contribution in [3.05, 3.63) is 35.3 Å². The van der Waals surface area contributed by atoms with Crippen LogP contribution in [0.15, 0.2) is 29.8 Å². The topological polar surface area (TPSA) is 92.4 Å². The highest BCUT2D eigenvalue weighted by atomic mass is 32.1. The van der Waals surface area contributed by atoms with Crippen LogP contribution in [0.25, 0.3) is 0 Å². The summed E-state index contributed by atoms with van der Waals surface area (Å²) in [5.41, 5.74) is 1.47. The van der Waals surface area contributed by atoms with E-state index in [1.807, 2.05) is 13.0 Å². The Hall–Kier alpha value is -2.61. The van der Waals surface area contributed by atoms with Gasteiger partial charge in [-0.3, -0.25) is 10.1 Å². The zero-order valence-corrected chi connectivity index (χ0v) is 12.6. The van der Waals surface area contributed by atoms with Gasteiger partial charge in [-0.1, -0.05) is 6.07 Å². The minimum absolute atomic E-state index is 0.0242. The van der Waals surface area contributed by atoms with Crippen molar-refractivity contribution < 1.29 is 14.3 Å². The lowest BCUT2D eigenvalue weighted by atomic mass is 10.1. The van der Waals surface area contributed by atoms with E-state index in [0.717, 1.165) is 5.56 Å². The highest BCUT2D eigenvalue weighted by molar-refractivity contribution is 7.13. The van der Waals surface area contributed by atoms with Crippen LogP contribution in [0.4, 0.5) is 15.6 Å². The quantitative estimate of drug-likeness (QED) is 0.810. The molecule has 1 aliphatic heterocycles. The third kappa shape index (κ3) is 3.17. The van der Waals surface area contributed by atoms with Crippen LogP contribution in [0.5, 0.6) is 5.75 Å². The Morgan fingerprint density at radius 3 is 3.14 bits per heavy atom. The average molecular weight is 318 g/mol. The van der Waals surface area contributed by atoms with Crippen molar-refractivity contribution in [2.45, 2.75) is 13.0 Å². The minimum Gasteiger partial charge on any atom is -0.482 e. The highest BCUT2D eigenvalue weighted by Gasteiger charge is 2.18. The van der Waals surface area contributed by atoms with Crippen LogP contribution in [0.1, 0.15) is 18.5 Å². The smallest absolute Gasteiger partial charge is 0.321 e. The van der Waals surface area contributed by atoms with Crippen molar-refractivity contribution in [1.29, 1.82) is 0 Å². The first-order chi connectivity index (χ1) is 10.6. The number of benzene rings is 1. The standard InChI is InChI=1S/C14H14N4O3S/c1-8(16-13(20)18-14-15-4-5-22-14)9-2-3-11-10(6-9)17-12(19)7-21-11/h2-6,8H,7H2,1H3,(H,17,19)(H2,15,16,18,20). The van der Waals surface area contributed by atoms with Gasteiger partial charge in [0.1, 0.15) is 5.75 Å². The molecule has 2 heterocycles. The summed E-state index contributed by atoms with van der Waals surface area (Å²) in [5.74, 6) is 0.439. The van der Waals surface area contributed by atoms with Crippen molar-refractivity contribution in [2.75, 3.05) is 17.2 Å². The summed E-state index contributed by atoms with van der Waals surface area (Å²) >= 11 is 1.35. The molecule has 1 unspecified atom stereocenters. The number of carbonyl (C=O) groups is 2. The van der Waals surface area contributed by atoms with E-state index >= 15 is 0 Å². The van der Waals surface area contributed by atoms with E-state index in [-0.39, 0.29) is 24.6 Å². The van der Waals surface area contributed by atoms with Crippen LogP contribution in [0.2, 0.25) is 0 Å². The van der Waals surface area contributed by atoms with Gasteiger partial charge in [0.2, 0.25) is 0 Å². The summed E-state index contributed by atoms with van der Waals surface area (Å²) in [5, 5.41) is 10.5. The normalized spacial score (nSPS) is 14.3. The molecule has 3 amide bonds. The SMILES string of the molecule is CC(NC(=O)Nc1nccs1)c1ccc2c(c1)NC(=O)CO2. The van der Waals surface area contributed by atoms with E-state index in [9.17, 15) is 9.59 Å². The Morgan fingerprint density at radius 2 is 2.36 bits per heavy atom. The molecular weight excluding hydrogens is 304 g/mol. The summed E-state index contributed by atoms with van der Waals surface area (Å²) in [6, 6.07) is 4.86. The maximum atomic E-state index is 11.9. The molecule has 1 atom stereocenters. The van der Waals surface area contributed by atoms with Gasteiger partial charge in [-0.15, -0.1) is 11.3 Å². The van der Waals surface area contributed by atoms with Crippen molar-refractivity contribution in [1.82, 2.24) is 10.3 Å². The van der Waals surface area contributed by atoms with E-state index in [4.69, 9.17) is 4.74 Å². The predicted molar refractivity (Wildman–Crippen MR) is 83.3 cm³/mol. The third-order valence-corrected chi connectivity index (χ3v) is 3.83. The summed E-state index contributed by atoms with van der Waals surface area (Å²) in [6.07, 6.45) is 1.62. The fourth-order valence-corrected chi connectivity index (χ4v) is 2.59. The number of hydrogen-bond acceptors (Lipinski definition) is 5. The Balaban J connectivity index is 1.67. The number of fused-ring (bicyclic) bond motifs is 1. The number of nitrogens with one attached hydrogen (secondary N) is 3. The second-order valence-corrected chi connectivity index (χ2v) is 5.64. The number of urea groups is 1. The summed E-state index contributed by atoms with van der Waals surface area (Å²) in [4.78, 5) is 27.2. The number of hydrogen-bond donors (Lipinski definition) is 3. The van der Waals surface area contributed by atoms with E-state index < -0.39 is 0 Å². The fourth-order valence-electron chi connectivity index (χ4n) is 2.07. The summed E-state index contributed by atoms with van der Waals surface area (Å²) < 4.78 is 5.30. The molecule has 3 N–H and O–H groups in total. The second-order valence-electron chi connectivity index (χ2n) is 4.75. The molecule has 2 aromatic rings. The summed E-state index contributed by atoms with van der Waals surface area (Å²) in [7, 11) is 0. The number of carbonyl (C=O) groups excluding carboxylic acids is 2. The molecule has 7 nitrogen and oxygen atoms in total. The average Bonchev–Trinajstić information content (AvgIpc) is 2.99. The molecule has 0 saturated carbocycles. The molecule has 8 heteroatoms. The second kappa shape index (κ2) is 6.02. The maximum absolute atomic E-state index is 11.9. The molecule has 0 spiro atoms. The van der Waals surface area contributed by atoms with Gasteiger partial charge >= 0.3 is 6.03 Å². The molecule has 0 saturated heterocycles. The van der Waals surface area contributed by atoms with Gasteiger partial charge in [-0.25, -0.2) is 9.78 Å². The number of thiazole rings is 1. The Labute approximate surface area is 130 Å². The fraction of sp³-hybridized carbons (Fsp3) is 0.214. The number of nitrogens with zero attached hydrogens (tertiary/aromatic N) is 1. The lowest BCUT2D eigenvalue weighted by Crippen LogP contribution is -2.31. The van der Waals surface area contributed by atoms with Gasteiger partial charge in [0.15, 0.2) is 11.7 Å². The molecule has 114 valence electrons. The Morgan fingerprint density at radius 1 is 1.50 bits per heavy atom. The van der Waals surface area contributed by atoms with Crippen LogP contribution in [0.3, 0.4) is 0 Å².